The van der Waals surface area contributed by atoms with Gasteiger partial charge < -0.3 is 9.42 Å². The quantitative estimate of drug-likeness (QED) is 0.490. The van der Waals surface area contributed by atoms with Gasteiger partial charge in [0, 0.05) is 32.7 Å². The van der Waals surface area contributed by atoms with Crippen molar-refractivity contribution in [2.24, 2.45) is 0 Å². The molecule has 6 nitrogen and oxygen atoms in total. The number of urea groups is 1. The molecule has 5 rings (SSSR count). The van der Waals surface area contributed by atoms with E-state index in [-0.39, 0.29) is 6.03 Å². The van der Waals surface area contributed by atoms with Gasteiger partial charge in [-0.25, -0.2) is 4.79 Å². The first kappa shape index (κ1) is 20.3. The normalized spacial score (nSPS) is 14.6. The summed E-state index contributed by atoms with van der Waals surface area (Å²) in [6, 6.07) is 24.6. The van der Waals surface area contributed by atoms with Crippen molar-refractivity contribution < 1.29 is 9.32 Å². The molecule has 0 aliphatic carbocycles. The maximum atomic E-state index is 12.7. The number of fused-ring (bicyclic) bond motifs is 1. The zero-order valence-corrected chi connectivity index (χ0v) is 18.1. The van der Waals surface area contributed by atoms with E-state index in [0.29, 0.717) is 24.5 Å². The summed E-state index contributed by atoms with van der Waals surface area (Å²) in [5, 5.41) is 7.70. The highest BCUT2D eigenvalue weighted by molar-refractivity contribution is 5.98. The first-order valence-corrected chi connectivity index (χ1v) is 10.9. The summed E-state index contributed by atoms with van der Waals surface area (Å²) < 4.78 is 5.28. The summed E-state index contributed by atoms with van der Waals surface area (Å²) in [5.74, 6) is 0.473. The van der Waals surface area contributed by atoms with E-state index in [2.05, 4.69) is 70.8 Å². The molecular formula is C26H26N4O2. The number of nitrogens with one attached hydrogen (secondary N) is 1. The Morgan fingerprint density at radius 1 is 0.969 bits per heavy atom. The van der Waals surface area contributed by atoms with Crippen molar-refractivity contribution in [2.45, 2.75) is 13.5 Å². The van der Waals surface area contributed by atoms with Crippen LogP contribution >= 0.6 is 0 Å². The summed E-state index contributed by atoms with van der Waals surface area (Å²) in [5.41, 5.74) is 5.76. The Bertz CT molecular complexity index is 1240. The molecule has 0 spiro atoms. The van der Waals surface area contributed by atoms with E-state index in [1.807, 2.05) is 29.2 Å². The predicted octanol–water partition coefficient (Wildman–Crippen LogP) is 5.15. The van der Waals surface area contributed by atoms with Crippen molar-refractivity contribution in [3.8, 4) is 11.1 Å². The molecule has 4 aromatic rings. The zero-order chi connectivity index (χ0) is 21.9. The lowest BCUT2D eigenvalue weighted by Crippen LogP contribution is -2.49. The number of carbonyl (C=O) groups excluding carboxylic acids is 1. The maximum absolute atomic E-state index is 12.7. The fraction of sp³-hybridized carbons (Fsp3) is 0.231. The minimum Gasteiger partial charge on any atom is -0.354 e. The summed E-state index contributed by atoms with van der Waals surface area (Å²) in [4.78, 5) is 17.0. The predicted molar refractivity (Wildman–Crippen MR) is 126 cm³/mol. The number of aryl methyl sites for hydroxylation is 1. The molecule has 2 amide bonds. The van der Waals surface area contributed by atoms with Crippen molar-refractivity contribution in [2.75, 3.05) is 31.5 Å². The number of hydrogen-bond acceptors (Lipinski definition) is 4. The van der Waals surface area contributed by atoms with Crippen LogP contribution in [0.3, 0.4) is 0 Å². The molecule has 1 aliphatic rings. The molecular weight excluding hydrogens is 400 g/mol. The van der Waals surface area contributed by atoms with Gasteiger partial charge in [0.05, 0.1) is 5.39 Å². The lowest BCUT2D eigenvalue weighted by atomic mass is 9.99. The minimum atomic E-state index is -0.134. The number of aromatic nitrogens is 1. The van der Waals surface area contributed by atoms with E-state index in [9.17, 15) is 4.79 Å². The van der Waals surface area contributed by atoms with Gasteiger partial charge in [0.25, 0.3) is 0 Å². The molecule has 0 atom stereocenters. The van der Waals surface area contributed by atoms with Gasteiger partial charge in [0.1, 0.15) is 0 Å². The van der Waals surface area contributed by atoms with Gasteiger partial charge in [-0.2, -0.15) is 0 Å². The second kappa shape index (κ2) is 8.85. The van der Waals surface area contributed by atoms with Crippen molar-refractivity contribution >= 4 is 22.8 Å². The number of para-hydroxylation sites is 1. The first-order chi connectivity index (χ1) is 15.7. The third-order valence-electron chi connectivity index (χ3n) is 6.05. The van der Waals surface area contributed by atoms with Crippen LogP contribution in [0.1, 0.15) is 11.1 Å². The number of nitrogens with zero attached hydrogens (tertiary/aromatic N) is 3. The molecule has 0 bridgehead atoms. The zero-order valence-electron chi connectivity index (χ0n) is 18.1. The van der Waals surface area contributed by atoms with Crippen molar-refractivity contribution in [3.05, 3.63) is 83.9 Å². The molecule has 1 saturated heterocycles. The number of rotatable bonds is 4. The van der Waals surface area contributed by atoms with Gasteiger partial charge in [-0.05, 0) is 47.4 Å². The Labute approximate surface area is 187 Å². The Morgan fingerprint density at radius 3 is 2.59 bits per heavy atom. The number of benzene rings is 3. The van der Waals surface area contributed by atoms with E-state index < -0.39 is 0 Å². The topological polar surface area (TPSA) is 61.6 Å². The SMILES string of the molecule is Cc1ccccc1-c1cccc(CN2CCN(C(=O)Nc3noc4ccccc34)CC2)c1. The second-order valence-electron chi connectivity index (χ2n) is 8.24. The average Bonchev–Trinajstić information content (AvgIpc) is 3.23. The standard InChI is InChI=1S/C26H26N4O2/c1-19-7-2-3-10-22(19)21-9-6-8-20(17-21)18-29-13-15-30(16-14-29)26(31)27-25-23-11-4-5-12-24(23)32-28-25/h2-12,17H,13-16,18H2,1H3,(H,27,28,31). The average molecular weight is 427 g/mol. The van der Waals surface area contributed by atoms with E-state index in [0.717, 1.165) is 25.0 Å². The molecule has 0 radical (unpaired) electrons. The molecule has 32 heavy (non-hydrogen) atoms. The van der Waals surface area contributed by atoms with Gasteiger partial charge in [0.15, 0.2) is 11.4 Å². The number of amides is 2. The van der Waals surface area contributed by atoms with Crippen LogP contribution in [0.25, 0.3) is 22.1 Å². The Hall–Kier alpha value is -3.64. The Morgan fingerprint density at radius 2 is 1.75 bits per heavy atom. The summed E-state index contributed by atoms with van der Waals surface area (Å²) in [6.07, 6.45) is 0. The van der Waals surface area contributed by atoms with Crippen LogP contribution in [0.15, 0.2) is 77.3 Å². The molecule has 162 valence electrons. The lowest BCUT2D eigenvalue weighted by Gasteiger charge is -2.34. The molecule has 1 fully saturated rings. The van der Waals surface area contributed by atoms with Crippen LogP contribution in [0.5, 0.6) is 0 Å². The molecule has 1 aliphatic heterocycles. The molecule has 1 aromatic heterocycles. The largest absolute Gasteiger partial charge is 0.354 e. The second-order valence-corrected chi connectivity index (χ2v) is 8.24. The Kier molecular flexibility index (Phi) is 5.60. The van der Waals surface area contributed by atoms with E-state index in [4.69, 9.17) is 4.52 Å². The third kappa shape index (κ3) is 4.22. The highest BCUT2D eigenvalue weighted by atomic mass is 16.5. The van der Waals surface area contributed by atoms with Crippen LogP contribution in [-0.2, 0) is 6.54 Å². The smallest absolute Gasteiger partial charge is 0.323 e. The highest BCUT2D eigenvalue weighted by Gasteiger charge is 2.22. The number of hydrogen-bond donors (Lipinski definition) is 1. The lowest BCUT2D eigenvalue weighted by molar-refractivity contribution is 0.143. The monoisotopic (exact) mass is 426 g/mol. The van der Waals surface area contributed by atoms with E-state index in [1.165, 1.54) is 22.3 Å². The number of carbonyl (C=O) groups is 1. The summed E-state index contributed by atoms with van der Waals surface area (Å²) >= 11 is 0. The molecule has 0 unspecified atom stereocenters. The van der Waals surface area contributed by atoms with Crippen LogP contribution in [0, 0.1) is 6.92 Å². The molecule has 6 heteroatoms. The fourth-order valence-electron chi connectivity index (χ4n) is 4.26. The summed E-state index contributed by atoms with van der Waals surface area (Å²) in [7, 11) is 0. The number of anilines is 1. The van der Waals surface area contributed by atoms with Gasteiger partial charge in [-0.15, -0.1) is 0 Å². The van der Waals surface area contributed by atoms with Crippen molar-refractivity contribution in [1.82, 2.24) is 15.0 Å². The first-order valence-electron chi connectivity index (χ1n) is 10.9. The van der Waals surface area contributed by atoms with E-state index >= 15 is 0 Å². The Balaban J connectivity index is 1.19. The highest BCUT2D eigenvalue weighted by Crippen LogP contribution is 2.25. The van der Waals surface area contributed by atoms with Crippen LogP contribution in [0.4, 0.5) is 10.6 Å². The van der Waals surface area contributed by atoms with E-state index in [1.54, 1.807) is 0 Å². The van der Waals surface area contributed by atoms with Gasteiger partial charge in [-0.3, -0.25) is 10.2 Å². The third-order valence-corrected chi connectivity index (χ3v) is 6.05. The maximum Gasteiger partial charge on any atom is 0.323 e. The van der Waals surface area contributed by atoms with Crippen LogP contribution < -0.4 is 5.32 Å². The van der Waals surface area contributed by atoms with Crippen LogP contribution in [-0.4, -0.2) is 47.2 Å². The van der Waals surface area contributed by atoms with Gasteiger partial charge in [0.2, 0.25) is 0 Å². The molecule has 1 N–H and O–H groups in total. The van der Waals surface area contributed by atoms with Crippen molar-refractivity contribution in [3.63, 3.8) is 0 Å². The molecule has 3 aromatic carbocycles. The molecule has 2 heterocycles. The summed E-state index contributed by atoms with van der Waals surface area (Å²) in [6.45, 7) is 6.05. The van der Waals surface area contributed by atoms with Crippen molar-refractivity contribution in [1.29, 1.82) is 0 Å². The van der Waals surface area contributed by atoms with Gasteiger partial charge in [-0.1, -0.05) is 59.8 Å². The fourth-order valence-corrected chi connectivity index (χ4v) is 4.26. The van der Waals surface area contributed by atoms with Gasteiger partial charge >= 0.3 is 6.03 Å². The molecule has 0 saturated carbocycles. The van der Waals surface area contributed by atoms with Crippen LogP contribution in [0.2, 0.25) is 0 Å². The number of piperazine rings is 1. The minimum absolute atomic E-state index is 0.134.